The van der Waals surface area contributed by atoms with E-state index in [9.17, 15) is 4.79 Å². The van der Waals surface area contributed by atoms with Crippen LogP contribution in [0.25, 0.3) is 0 Å². The highest BCUT2D eigenvalue weighted by Gasteiger charge is 2.12. The Morgan fingerprint density at radius 3 is 2.48 bits per heavy atom. The third-order valence-corrected chi connectivity index (χ3v) is 4.04. The van der Waals surface area contributed by atoms with Gasteiger partial charge in [-0.15, -0.1) is 0 Å². The summed E-state index contributed by atoms with van der Waals surface area (Å²) in [6.07, 6.45) is 0. The van der Waals surface area contributed by atoms with Crippen molar-refractivity contribution in [2.24, 2.45) is 0 Å². The molecule has 0 aromatic heterocycles. The van der Waals surface area contributed by atoms with Crippen LogP contribution < -0.4 is 10.6 Å². The Morgan fingerprint density at radius 2 is 1.81 bits per heavy atom. The lowest BCUT2D eigenvalue weighted by Gasteiger charge is -2.15. The zero-order chi connectivity index (χ0) is 15.2. The van der Waals surface area contributed by atoms with E-state index in [2.05, 4.69) is 26.6 Å². The summed E-state index contributed by atoms with van der Waals surface area (Å²) >= 11 is 3.50. The van der Waals surface area contributed by atoms with Crippen LogP contribution >= 0.6 is 15.9 Å². The van der Waals surface area contributed by atoms with Crippen molar-refractivity contribution in [3.05, 3.63) is 64.1 Å². The van der Waals surface area contributed by atoms with E-state index in [1.165, 1.54) is 5.56 Å². The number of rotatable bonds is 5. The molecule has 0 radical (unpaired) electrons. The van der Waals surface area contributed by atoms with Gasteiger partial charge >= 0.3 is 0 Å². The molecule has 2 aromatic rings. The highest BCUT2D eigenvalue weighted by Crippen LogP contribution is 2.15. The molecule has 0 saturated heterocycles. The largest absolute Gasteiger partial charge is 0.325 e. The third-order valence-electron chi connectivity index (χ3n) is 3.27. The molecule has 1 amide bonds. The fourth-order valence-corrected chi connectivity index (χ4v) is 2.31. The van der Waals surface area contributed by atoms with Gasteiger partial charge in [0.25, 0.3) is 0 Å². The molecular formula is C17H19BrN2O. The van der Waals surface area contributed by atoms with Crippen molar-refractivity contribution < 1.29 is 4.79 Å². The van der Waals surface area contributed by atoms with Gasteiger partial charge in [-0.05, 0) is 37.6 Å². The second-order valence-electron chi connectivity index (χ2n) is 5.05. The first-order valence-corrected chi connectivity index (χ1v) is 7.70. The van der Waals surface area contributed by atoms with Gasteiger partial charge in [0, 0.05) is 16.7 Å². The van der Waals surface area contributed by atoms with Crippen LogP contribution in [-0.4, -0.2) is 11.9 Å². The topological polar surface area (TPSA) is 41.1 Å². The summed E-state index contributed by atoms with van der Waals surface area (Å²) in [5.74, 6) is -0.0362. The standard InChI is InChI=1S/C17H19BrN2O/c1-12-7-9-15(10-8-12)20-17(21)13(2)19-11-14-5-3-4-6-16(14)18/h3-10,13,19H,11H2,1-2H3,(H,20,21). The summed E-state index contributed by atoms with van der Waals surface area (Å²) in [7, 11) is 0. The van der Waals surface area contributed by atoms with Crippen LogP contribution in [-0.2, 0) is 11.3 Å². The second-order valence-corrected chi connectivity index (χ2v) is 5.90. The fraction of sp³-hybridized carbons (Fsp3) is 0.235. The molecule has 2 N–H and O–H groups in total. The molecule has 2 aromatic carbocycles. The number of hydrogen-bond acceptors (Lipinski definition) is 2. The zero-order valence-electron chi connectivity index (χ0n) is 12.2. The van der Waals surface area contributed by atoms with Crippen molar-refractivity contribution in [1.29, 1.82) is 0 Å². The Labute approximate surface area is 133 Å². The second kappa shape index (κ2) is 7.38. The smallest absolute Gasteiger partial charge is 0.241 e. The van der Waals surface area contributed by atoms with Crippen molar-refractivity contribution >= 4 is 27.5 Å². The average Bonchev–Trinajstić information content (AvgIpc) is 2.48. The maximum Gasteiger partial charge on any atom is 0.241 e. The first-order chi connectivity index (χ1) is 10.1. The molecule has 0 saturated carbocycles. The highest BCUT2D eigenvalue weighted by atomic mass is 79.9. The van der Waals surface area contributed by atoms with Gasteiger partial charge in [-0.3, -0.25) is 4.79 Å². The number of carbonyl (C=O) groups excluding carboxylic acids is 1. The number of nitrogens with one attached hydrogen (secondary N) is 2. The normalized spacial score (nSPS) is 12.0. The van der Waals surface area contributed by atoms with E-state index in [0.717, 1.165) is 15.7 Å². The Bertz CT molecular complexity index is 610. The molecule has 2 rings (SSSR count). The number of hydrogen-bond donors (Lipinski definition) is 2. The van der Waals surface area contributed by atoms with Gasteiger partial charge in [-0.1, -0.05) is 51.8 Å². The molecule has 0 aliphatic carbocycles. The molecule has 0 aliphatic heterocycles. The molecule has 0 heterocycles. The third kappa shape index (κ3) is 4.69. The summed E-state index contributed by atoms with van der Waals surface area (Å²) in [6.45, 7) is 4.53. The first-order valence-electron chi connectivity index (χ1n) is 6.90. The molecule has 0 spiro atoms. The summed E-state index contributed by atoms with van der Waals surface area (Å²) in [4.78, 5) is 12.1. The molecule has 0 fully saturated rings. The molecular weight excluding hydrogens is 328 g/mol. The maximum atomic E-state index is 12.1. The van der Waals surface area contributed by atoms with E-state index >= 15 is 0 Å². The van der Waals surface area contributed by atoms with Gasteiger partial charge in [-0.25, -0.2) is 0 Å². The van der Waals surface area contributed by atoms with E-state index in [-0.39, 0.29) is 11.9 Å². The Balaban J connectivity index is 1.88. The molecule has 1 unspecified atom stereocenters. The predicted octanol–water partition coefficient (Wildman–Crippen LogP) is 3.87. The van der Waals surface area contributed by atoms with Crippen LogP contribution in [0.15, 0.2) is 53.0 Å². The zero-order valence-corrected chi connectivity index (χ0v) is 13.8. The van der Waals surface area contributed by atoms with Crippen molar-refractivity contribution in [3.8, 4) is 0 Å². The summed E-state index contributed by atoms with van der Waals surface area (Å²) < 4.78 is 1.05. The molecule has 1 atom stereocenters. The Hall–Kier alpha value is -1.65. The minimum Gasteiger partial charge on any atom is -0.325 e. The van der Waals surface area contributed by atoms with Gasteiger partial charge in [0.05, 0.1) is 6.04 Å². The van der Waals surface area contributed by atoms with Gasteiger partial charge in [-0.2, -0.15) is 0 Å². The molecule has 21 heavy (non-hydrogen) atoms. The monoisotopic (exact) mass is 346 g/mol. The van der Waals surface area contributed by atoms with Gasteiger partial charge < -0.3 is 10.6 Å². The van der Waals surface area contributed by atoms with Gasteiger partial charge in [0.1, 0.15) is 0 Å². The lowest BCUT2D eigenvalue weighted by molar-refractivity contribution is -0.117. The van der Waals surface area contributed by atoms with Crippen LogP contribution in [0.2, 0.25) is 0 Å². The molecule has 110 valence electrons. The SMILES string of the molecule is Cc1ccc(NC(=O)C(C)NCc2ccccc2Br)cc1. The number of benzene rings is 2. The predicted molar refractivity (Wildman–Crippen MR) is 90.3 cm³/mol. The number of amides is 1. The number of aryl methyl sites for hydroxylation is 1. The minimum absolute atomic E-state index is 0.0362. The average molecular weight is 347 g/mol. The number of anilines is 1. The highest BCUT2D eigenvalue weighted by molar-refractivity contribution is 9.10. The molecule has 4 heteroatoms. The van der Waals surface area contributed by atoms with Crippen molar-refractivity contribution in [3.63, 3.8) is 0 Å². The van der Waals surface area contributed by atoms with E-state index in [1.807, 2.05) is 62.4 Å². The minimum atomic E-state index is -0.265. The quantitative estimate of drug-likeness (QED) is 0.862. The number of halogens is 1. The molecule has 3 nitrogen and oxygen atoms in total. The maximum absolute atomic E-state index is 12.1. The van der Waals surface area contributed by atoms with Gasteiger partial charge in [0.2, 0.25) is 5.91 Å². The van der Waals surface area contributed by atoms with Crippen LogP contribution in [0.1, 0.15) is 18.1 Å². The van der Waals surface area contributed by atoms with Crippen LogP contribution in [0.3, 0.4) is 0 Å². The lowest BCUT2D eigenvalue weighted by atomic mass is 10.2. The van der Waals surface area contributed by atoms with E-state index in [0.29, 0.717) is 6.54 Å². The first kappa shape index (κ1) is 15.7. The van der Waals surface area contributed by atoms with E-state index in [4.69, 9.17) is 0 Å². The van der Waals surface area contributed by atoms with E-state index in [1.54, 1.807) is 0 Å². The van der Waals surface area contributed by atoms with E-state index < -0.39 is 0 Å². The Kier molecular flexibility index (Phi) is 5.53. The fourth-order valence-electron chi connectivity index (χ4n) is 1.88. The van der Waals surface area contributed by atoms with Crippen LogP contribution in [0.5, 0.6) is 0 Å². The summed E-state index contributed by atoms with van der Waals surface area (Å²) in [6, 6.07) is 15.5. The Morgan fingerprint density at radius 1 is 1.14 bits per heavy atom. The van der Waals surface area contributed by atoms with Crippen molar-refractivity contribution in [2.45, 2.75) is 26.4 Å². The summed E-state index contributed by atoms with van der Waals surface area (Å²) in [5, 5.41) is 6.14. The summed E-state index contributed by atoms with van der Waals surface area (Å²) in [5.41, 5.74) is 3.13. The van der Waals surface area contributed by atoms with Crippen LogP contribution in [0.4, 0.5) is 5.69 Å². The van der Waals surface area contributed by atoms with Gasteiger partial charge in [0.15, 0.2) is 0 Å². The molecule has 0 aliphatic rings. The van der Waals surface area contributed by atoms with Crippen LogP contribution in [0, 0.1) is 6.92 Å². The number of carbonyl (C=O) groups is 1. The molecule has 0 bridgehead atoms. The lowest BCUT2D eigenvalue weighted by Crippen LogP contribution is -2.37. The van der Waals surface area contributed by atoms with Crippen molar-refractivity contribution in [1.82, 2.24) is 5.32 Å². The van der Waals surface area contributed by atoms with Crippen molar-refractivity contribution in [2.75, 3.05) is 5.32 Å².